The van der Waals surface area contributed by atoms with Crippen LogP contribution in [-0.4, -0.2) is 60.1 Å². The van der Waals surface area contributed by atoms with Crippen molar-refractivity contribution in [1.82, 2.24) is 16.0 Å². The normalized spacial score (nSPS) is 18.2. The molecule has 4 N–H and O–H groups in total. The second-order valence-electron chi connectivity index (χ2n) is 9.64. The van der Waals surface area contributed by atoms with Crippen molar-refractivity contribution in [2.45, 2.75) is 109 Å². The zero-order valence-corrected chi connectivity index (χ0v) is 20.5. The molecule has 0 heterocycles. The third-order valence-corrected chi connectivity index (χ3v) is 5.45. The summed E-state index contributed by atoms with van der Waals surface area (Å²) in [5.74, 6) is -1.31. The first-order chi connectivity index (χ1) is 15.6. The first-order valence-electron chi connectivity index (χ1n) is 12.1. The fourth-order valence-electron chi connectivity index (χ4n) is 3.89. The van der Waals surface area contributed by atoms with Crippen molar-refractivity contribution >= 4 is 18.2 Å². The van der Waals surface area contributed by atoms with E-state index in [1.165, 1.54) is 70.3 Å². The van der Waals surface area contributed by atoms with Crippen molar-refractivity contribution in [3.63, 3.8) is 0 Å². The Kier molecular flexibility index (Phi) is 13.5. The molecule has 2 aliphatic rings. The summed E-state index contributed by atoms with van der Waals surface area (Å²) in [5.41, 5.74) is -0.747. The molecule has 2 fully saturated rings. The van der Waals surface area contributed by atoms with Crippen molar-refractivity contribution in [2.75, 3.05) is 13.2 Å². The summed E-state index contributed by atoms with van der Waals surface area (Å²) in [7, 11) is 0. The first kappa shape index (κ1) is 28.7. The fourth-order valence-corrected chi connectivity index (χ4v) is 3.89. The molecular weight excluding hydrogens is 426 g/mol. The van der Waals surface area contributed by atoms with E-state index < -0.39 is 29.8 Å². The molecule has 0 radical (unpaired) electrons. The van der Waals surface area contributed by atoms with Crippen LogP contribution in [0.4, 0.5) is 9.59 Å². The molecule has 0 saturated heterocycles. The maximum Gasteiger partial charge on any atom is 0.408 e. The molecule has 1 unspecified atom stereocenters. The molecule has 2 amide bonds. The Morgan fingerprint density at radius 1 is 0.970 bits per heavy atom. The van der Waals surface area contributed by atoms with Gasteiger partial charge in [0.1, 0.15) is 18.2 Å². The SMILES string of the molecule is C1CCC(NC2CCCCC2)CC1.C=CCOC(=O)NCC(NC(=O)OC(C)(C)C)C(=O)O. The number of amides is 2. The summed E-state index contributed by atoms with van der Waals surface area (Å²) in [5, 5.41) is 17.1. The van der Waals surface area contributed by atoms with Gasteiger partial charge in [0.25, 0.3) is 0 Å². The van der Waals surface area contributed by atoms with Gasteiger partial charge in [-0.3, -0.25) is 0 Å². The Morgan fingerprint density at radius 3 is 1.91 bits per heavy atom. The van der Waals surface area contributed by atoms with E-state index >= 15 is 0 Å². The summed E-state index contributed by atoms with van der Waals surface area (Å²) in [6.07, 6.45) is 14.2. The van der Waals surface area contributed by atoms with E-state index in [1.54, 1.807) is 20.8 Å². The lowest BCUT2D eigenvalue weighted by Gasteiger charge is -2.30. The van der Waals surface area contributed by atoms with Crippen LogP contribution in [-0.2, 0) is 14.3 Å². The van der Waals surface area contributed by atoms with Gasteiger partial charge in [0.2, 0.25) is 0 Å². The molecule has 2 aliphatic carbocycles. The van der Waals surface area contributed by atoms with Crippen molar-refractivity contribution in [3.05, 3.63) is 12.7 Å². The van der Waals surface area contributed by atoms with E-state index in [9.17, 15) is 14.4 Å². The van der Waals surface area contributed by atoms with Gasteiger partial charge in [-0.1, -0.05) is 51.2 Å². The van der Waals surface area contributed by atoms with Crippen LogP contribution < -0.4 is 16.0 Å². The standard InChI is InChI=1S/C12H20N2O6.C12H23N/c1-5-6-19-10(17)13-7-8(9(15)16)14-11(18)20-12(2,3)4;1-3-7-11(8-4-1)13-12-9-5-2-6-10-12/h5,8H,1,6-7H2,2-4H3,(H,13,17)(H,14,18)(H,15,16);11-13H,1-10H2. The van der Waals surface area contributed by atoms with Gasteiger partial charge in [0.15, 0.2) is 0 Å². The number of hydrogen-bond donors (Lipinski definition) is 4. The van der Waals surface area contributed by atoms with Crippen molar-refractivity contribution in [2.24, 2.45) is 0 Å². The highest BCUT2D eigenvalue weighted by molar-refractivity contribution is 5.81. The molecule has 0 aromatic carbocycles. The van der Waals surface area contributed by atoms with Crippen LogP contribution >= 0.6 is 0 Å². The van der Waals surface area contributed by atoms with Crippen LogP contribution in [0, 0.1) is 0 Å². The Hall–Kier alpha value is -2.29. The number of alkyl carbamates (subject to hydrolysis) is 2. The van der Waals surface area contributed by atoms with Gasteiger partial charge in [0, 0.05) is 12.1 Å². The van der Waals surface area contributed by atoms with E-state index in [0.717, 1.165) is 12.1 Å². The van der Waals surface area contributed by atoms with Crippen LogP contribution in [0.5, 0.6) is 0 Å². The molecule has 0 aromatic heterocycles. The predicted octanol–water partition coefficient (Wildman–Crippen LogP) is 4.12. The third kappa shape index (κ3) is 14.5. The molecule has 2 saturated carbocycles. The number of hydrogen-bond acceptors (Lipinski definition) is 6. The first-order valence-corrected chi connectivity index (χ1v) is 12.1. The zero-order chi connectivity index (χ0) is 24.7. The molecule has 9 nitrogen and oxygen atoms in total. The number of carboxylic acids is 1. The smallest absolute Gasteiger partial charge is 0.408 e. The highest BCUT2D eigenvalue weighted by Gasteiger charge is 2.24. The minimum atomic E-state index is -1.32. The number of ether oxygens (including phenoxy) is 2. The number of nitrogens with one attached hydrogen (secondary N) is 3. The summed E-state index contributed by atoms with van der Waals surface area (Å²) < 4.78 is 9.52. The minimum Gasteiger partial charge on any atom is -0.480 e. The van der Waals surface area contributed by atoms with Gasteiger partial charge in [-0.25, -0.2) is 14.4 Å². The summed E-state index contributed by atoms with van der Waals surface area (Å²) >= 11 is 0. The van der Waals surface area contributed by atoms with Crippen molar-refractivity contribution in [1.29, 1.82) is 0 Å². The van der Waals surface area contributed by atoms with Crippen molar-refractivity contribution in [3.8, 4) is 0 Å². The lowest BCUT2D eigenvalue weighted by molar-refractivity contribution is -0.139. The van der Waals surface area contributed by atoms with Crippen LogP contribution in [0.2, 0.25) is 0 Å². The molecule has 33 heavy (non-hydrogen) atoms. The second kappa shape index (κ2) is 15.5. The van der Waals surface area contributed by atoms with Crippen LogP contribution in [0.25, 0.3) is 0 Å². The van der Waals surface area contributed by atoms with Crippen LogP contribution in [0.3, 0.4) is 0 Å². The summed E-state index contributed by atoms with van der Waals surface area (Å²) in [6, 6.07) is 0.426. The maximum atomic E-state index is 11.4. The van der Waals surface area contributed by atoms with Crippen molar-refractivity contribution < 1.29 is 29.0 Å². The average molecular weight is 470 g/mol. The van der Waals surface area contributed by atoms with E-state index in [4.69, 9.17) is 9.84 Å². The van der Waals surface area contributed by atoms with E-state index in [1.807, 2.05) is 0 Å². The highest BCUT2D eigenvalue weighted by atomic mass is 16.6. The molecule has 0 bridgehead atoms. The zero-order valence-electron chi connectivity index (χ0n) is 20.5. The Bertz CT molecular complexity index is 592. The molecule has 0 aromatic rings. The van der Waals surface area contributed by atoms with E-state index in [-0.39, 0.29) is 13.2 Å². The molecule has 2 rings (SSSR count). The number of carbonyl (C=O) groups is 3. The highest BCUT2D eigenvalue weighted by Crippen LogP contribution is 2.22. The van der Waals surface area contributed by atoms with Gasteiger partial charge in [-0.2, -0.15) is 0 Å². The lowest BCUT2D eigenvalue weighted by atomic mass is 9.91. The van der Waals surface area contributed by atoms with Gasteiger partial charge in [-0.15, -0.1) is 0 Å². The summed E-state index contributed by atoms with van der Waals surface area (Å²) in [4.78, 5) is 33.5. The second-order valence-corrected chi connectivity index (χ2v) is 9.64. The van der Waals surface area contributed by atoms with Gasteiger partial charge in [0.05, 0.1) is 6.54 Å². The van der Waals surface area contributed by atoms with Crippen LogP contribution in [0.15, 0.2) is 12.7 Å². The average Bonchev–Trinajstić information content (AvgIpc) is 2.75. The van der Waals surface area contributed by atoms with E-state index in [0.29, 0.717) is 0 Å². The maximum absolute atomic E-state index is 11.4. The molecular formula is C24H43N3O6. The molecule has 0 aliphatic heterocycles. The Morgan fingerprint density at radius 2 is 1.48 bits per heavy atom. The summed E-state index contributed by atoms with van der Waals surface area (Å²) in [6.45, 7) is 7.97. The predicted molar refractivity (Wildman–Crippen MR) is 127 cm³/mol. The number of rotatable bonds is 8. The molecule has 190 valence electrons. The Balaban J connectivity index is 0.000000357. The largest absolute Gasteiger partial charge is 0.480 e. The Labute approximate surface area is 198 Å². The quantitative estimate of drug-likeness (QED) is 0.394. The number of carbonyl (C=O) groups excluding carboxylic acids is 2. The lowest BCUT2D eigenvalue weighted by Crippen LogP contribution is -2.49. The van der Waals surface area contributed by atoms with Gasteiger partial charge < -0.3 is 30.5 Å². The molecule has 9 heteroatoms. The molecule has 1 atom stereocenters. The third-order valence-electron chi connectivity index (χ3n) is 5.45. The number of aliphatic carboxylic acids is 1. The molecule has 0 spiro atoms. The van der Waals surface area contributed by atoms with Crippen LogP contribution in [0.1, 0.15) is 85.0 Å². The number of carboxylic acid groups (broad SMARTS) is 1. The minimum absolute atomic E-state index is 0.00304. The monoisotopic (exact) mass is 469 g/mol. The topological polar surface area (TPSA) is 126 Å². The van der Waals surface area contributed by atoms with E-state index in [2.05, 4.69) is 27.3 Å². The van der Waals surface area contributed by atoms with Gasteiger partial charge in [-0.05, 0) is 46.5 Å². The fraction of sp³-hybridized carbons (Fsp3) is 0.792. The van der Waals surface area contributed by atoms with Gasteiger partial charge >= 0.3 is 18.2 Å².